The molecule has 1 amide bonds. The summed E-state index contributed by atoms with van der Waals surface area (Å²) in [4.78, 5) is 28.6. The van der Waals surface area contributed by atoms with Crippen LogP contribution >= 0.6 is 0 Å². The predicted octanol–water partition coefficient (Wildman–Crippen LogP) is 2.22. The van der Waals surface area contributed by atoms with Gasteiger partial charge in [-0.25, -0.2) is 0 Å². The van der Waals surface area contributed by atoms with Crippen LogP contribution in [0.3, 0.4) is 0 Å². The van der Waals surface area contributed by atoms with Gasteiger partial charge in [0.05, 0.1) is 11.3 Å². The zero-order valence-corrected chi connectivity index (χ0v) is 16.8. The minimum Gasteiger partial charge on any atom is -0.343 e. The zero-order chi connectivity index (χ0) is 19.7. The molecule has 1 aliphatic rings. The van der Waals surface area contributed by atoms with Gasteiger partial charge in [-0.2, -0.15) is 5.10 Å². The van der Waals surface area contributed by atoms with Gasteiger partial charge in [0.2, 0.25) is 5.91 Å². The van der Waals surface area contributed by atoms with E-state index in [1.807, 2.05) is 20.9 Å². The molecular formula is C21H28N4O2. The number of carbonyl (C=O) groups excluding carboxylic acids is 2. The SMILES string of the molecule is CC(=O)c1c(C)nn(CC(=O)N(C)CC2Cc3ccccc3CN2C)c1C. The van der Waals surface area contributed by atoms with Crippen LogP contribution in [0.4, 0.5) is 0 Å². The Balaban J connectivity index is 1.67. The molecule has 0 saturated heterocycles. The lowest BCUT2D eigenvalue weighted by Gasteiger charge is -2.36. The molecule has 1 unspecified atom stereocenters. The molecule has 6 heteroatoms. The van der Waals surface area contributed by atoms with E-state index >= 15 is 0 Å². The predicted molar refractivity (Wildman–Crippen MR) is 105 cm³/mol. The van der Waals surface area contributed by atoms with Crippen molar-refractivity contribution in [2.75, 3.05) is 20.6 Å². The third kappa shape index (κ3) is 3.95. The van der Waals surface area contributed by atoms with Crippen LogP contribution in [0.2, 0.25) is 0 Å². The van der Waals surface area contributed by atoms with E-state index in [1.54, 1.807) is 9.58 Å². The Kier molecular flexibility index (Phi) is 5.46. The Labute approximate surface area is 160 Å². The molecule has 0 fully saturated rings. The summed E-state index contributed by atoms with van der Waals surface area (Å²) in [5.41, 5.74) is 4.79. The van der Waals surface area contributed by atoms with Crippen LogP contribution in [0.25, 0.3) is 0 Å². The summed E-state index contributed by atoms with van der Waals surface area (Å²) in [6.45, 7) is 6.92. The summed E-state index contributed by atoms with van der Waals surface area (Å²) >= 11 is 0. The zero-order valence-electron chi connectivity index (χ0n) is 16.8. The van der Waals surface area contributed by atoms with E-state index in [1.165, 1.54) is 18.1 Å². The van der Waals surface area contributed by atoms with Crippen LogP contribution in [0, 0.1) is 13.8 Å². The van der Waals surface area contributed by atoms with Crippen molar-refractivity contribution in [3.63, 3.8) is 0 Å². The van der Waals surface area contributed by atoms with E-state index in [0.717, 1.165) is 18.7 Å². The summed E-state index contributed by atoms with van der Waals surface area (Å²) in [5.74, 6) is -0.0116. The van der Waals surface area contributed by atoms with Gasteiger partial charge in [0, 0.05) is 31.9 Å². The van der Waals surface area contributed by atoms with E-state index in [4.69, 9.17) is 0 Å². The van der Waals surface area contributed by atoms with Gasteiger partial charge in [0.15, 0.2) is 5.78 Å². The molecule has 3 rings (SSSR count). The van der Waals surface area contributed by atoms with Crippen molar-refractivity contribution in [1.29, 1.82) is 0 Å². The summed E-state index contributed by atoms with van der Waals surface area (Å²) in [7, 11) is 3.95. The lowest BCUT2D eigenvalue weighted by atomic mass is 9.94. The monoisotopic (exact) mass is 368 g/mol. The number of Topliss-reactive ketones (excluding diaryl/α,β-unsaturated/α-hetero) is 1. The van der Waals surface area contributed by atoms with Gasteiger partial charge >= 0.3 is 0 Å². The molecule has 1 aromatic carbocycles. The molecule has 0 saturated carbocycles. The average molecular weight is 368 g/mol. The number of hydrogen-bond donors (Lipinski definition) is 0. The maximum absolute atomic E-state index is 12.7. The summed E-state index contributed by atoms with van der Waals surface area (Å²) in [5, 5.41) is 4.38. The molecule has 1 aliphatic heterocycles. The number of fused-ring (bicyclic) bond motifs is 1. The first-order chi connectivity index (χ1) is 12.8. The summed E-state index contributed by atoms with van der Waals surface area (Å²) < 4.78 is 1.64. The summed E-state index contributed by atoms with van der Waals surface area (Å²) in [6, 6.07) is 8.79. The van der Waals surface area contributed by atoms with Gasteiger partial charge in [0.25, 0.3) is 0 Å². The molecule has 144 valence electrons. The van der Waals surface area contributed by atoms with Crippen LogP contribution in [0.15, 0.2) is 24.3 Å². The average Bonchev–Trinajstić information content (AvgIpc) is 2.89. The van der Waals surface area contributed by atoms with Crippen LogP contribution < -0.4 is 0 Å². The Bertz CT molecular complexity index is 871. The number of carbonyl (C=O) groups is 2. The van der Waals surface area contributed by atoms with Gasteiger partial charge in [-0.05, 0) is 45.4 Å². The van der Waals surface area contributed by atoms with Crippen molar-refractivity contribution in [1.82, 2.24) is 19.6 Å². The molecule has 0 bridgehead atoms. The van der Waals surface area contributed by atoms with Gasteiger partial charge in [-0.3, -0.25) is 19.2 Å². The van der Waals surface area contributed by atoms with Crippen molar-refractivity contribution in [3.05, 3.63) is 52.3 Å². The van der Waals surface area contributed by atoms with Crippen LogP contribution in [0.1, 0.15) is 39.8 Å². The third-order valence-corrected chi connectivity index (χ3v) is 5.55. The molecule has 0 N–H and O–H groups in total. The standard InChI is InChI=1S/C21H28N4O2/c1-14-21(16(3)26)15(2)25(22-14)13-20(27)24(5)12-19-10-17-8-6-7-9-18(17)11-23(19)4/h6-9,19H,10-13H2,1-5H3. The number of amides is 1. The first-order valence-corrected chi connectivity index (χ1v) is 9.33. The number of hydrogen-bond acceptors (Lipinski definition) is 4. The maximum Gasteiger partial charge on any atom is 0.244 e. The first-order valence-electron chi connectivity index (χ1n) is 9.33. The van der Waals surface area contributed by atoms with Crippen molar-refractivity contribution in [2.24, 2.45) is 0 Å². The Hall–Kier alpha value is -2.47. The Morgan fingerprint density at radius 1 is 1.22 bits per heavy atom. The van der Waals surface area contributed by atoms with Gasteiger partial charge in [-0.15, -0.1) is 0 Å². The quantitative estimate of drug-likeness (QED) is 0.760. The summed E-state index contributed by atoms with van der Waals surface area (Å²) in [6.07, 6.45) is 0.943. The minimum atomic E-state index is -0.0143. The van der Waals surface area contributed by atoms with Gasteiger partial charge < -0.3 is 4.90 Å². The third-order valence-electron chi connectivity index (χ3n) is 5.55. The molecule has 0 spiro atoms. The normalized spacial score (nSPS) is 16.9. The molecule has 1 aromatic heterocycles. The lowest BCUT2D eigenvalue weighted by molar-refractivity contribution is -0.131. The van der Waals surface area contributed by atoms with E-state index in [2.05, 4.69) is 41.3 Å². The second-order valence-electron chi connectivity index (χ2n) is 7.58. The van der Waals surface area contributed by atoms with Crippen LogP contribution in [-0.2, 0) is 24.3 Å². The number of aryl methyl sites for hydroxylation is 1. The fourth-order valence-corrected chi connectivity index (χ4v) is 3.95. The van der Waals surface area contributed by atoms with E-state index < -0.39 is 0 Å². The minimum absolute atomic E-state index is 0.00274. The molecule has 2 heterocycles. The number of aromatic nitrogens is 2. The smallest absolute Gasteiger partial charge is 0.244 e. The highest BCUT2D eigenvalue weighted by molar-refractivity contribution is 5.96. The second-order valence-corrected chi connectivity index (χ2v) is 7.58. The molecule has 6 nitrogen and oxygen atoms in total. The first kappa shape index (κ1) is 19.3. The van der Waals surface area contributed by atoms with Crippen molar-refractivity contribution in [3.8, 4) is 0 Å². The highest BCUT2D eigenvalue weighted by Crippen LogP contribution is 2.22. The fourth-order valence-electron chi connectivity index (χ4n) is 3.95. The molecule has 2 aromatic rings. The van der Waals surface area contributed by atoms with Crippen LogP contribution in [0.5, 0.6) is 0 Å². The fraction of sp³-hybridized carbons (Fsp3) is 0.476. The molecule has 0 aliphatic carbocycles. The van der Waals surface area contributed by atoms with Gasteiger partial charge in [0.1, 0.15) is 6.54 Å². The molecule has 0 radical (unpaired) electrons. The Morgan fingerprint density at radius 3 is 2.52 bits per heavy atom. The van der Waals surface area contributed by atoms with Crippen LogP contribution in [-0.4, -0.2) is 58.0 Å². The second kappa shape index (κ2) is 7.64. The maximum atomic E-state index is 12.7. The Morgan fingerprint density at radius 2 is 1.89 bits per heavy atom. The number of rotatable bonds is 5. The number of benzene rings is 1. The van der Waals surface area contributed by atoms with Crippen molar-refractivity contribution in [2.45, 2.75) is 46.3 Å². The highest BCUT2D eigenvalue weighted by Gasteiger charge is 2.26. The number of likely N-dealkylation sites (N-methyl/N-ethyl adjacent to an activating group) is 2. The van der Waals surface area contributed by atoms with Crippen molar-refractivity contribution < 1.29 is 9.59 Å². The molecular weight excluding hydrogens is 340 g/mol. The molecule has 27 heavy (non-hydrogen) atoms. The topological polar surface area (TPSA) is 58.4 Å². The highest BCUT2D eigenvalue weighted by atomic mass is 16.2. The van der Waals surface area contributed by atoms with Crippen molar-refractivity contribution >= 4 is 11.7 Å². The van der Waals surface area contributed by atoms with E-state index in [-0.39, 0.29) is 18.2 Å². The largest absolute Gasteiger partial charge is 0.343 e. The number of ketones is 1. The molecule has 1 atom stereocenters. The lowest BCUT2D eigenvalue weighted by Crippen LogP contribution is -2.46. The van der Waals surface area contributed by atoms with E-state index in [9.17, 15) is 9.59 Å². The number of nitrogens with zero attached hydrogens (tertiary/aromatic N) is 4. The van der Waals surface area contributed by atoms with E-state index in [0.29, 0.717) is 23.8 Å². The van der Waals surface area contributed by atoms with Gasteiger partial charge in [-0.1, -0.05) is 24.3 Å².